The van der Waals surface area contributed by atoms with Crippen LogP contribution in [0.5, 0.6) is 0 Å². The van der Waals surface area contributed by atoms with E-state index in [9.17, 15) is 14.9 Å². The first-order valence-corrected chi connectivity index (χ1v) is 9.49. The molecule has 0 bridgehead atoms. The fourth-order valence-corrected chi connectivity index (χ4v) is 4.22. The van der Waals surface area contributed by atoms with Crippen LogP contribution in [0.25, 0.3) is 0 Å². The van der Waals surface area contributed by atoms with Crippen LogP contribution in [0.2, 0.25) is 0 Å². The predicted molar refractivity (Wildman–Crippen MR) is 101 cm³/mol. The molecule has 2 unspecified atom stereocenters. The van der Waals surface area contributed by atoms with E-state index < -0.39 is 0 Å². The number of piperidine rings is 1. The standard InChI is InChI=1S/C19H28N4O3/c1-15-6-5-7-16(2)22(15)19(24)14-20-10-12-21(13-11-20)17-8-3-4-9-18(17)23(25)26/h3-4,8-9,15-16H,5-7,10-14H2,1-2H3. The van der Waals surface area contributed by atoms with Crippen LogP contribution < -0.4 is 4.90 Å². The number of para-hydroxylation sites is 2. The Bertz CT molecular complexity index is 648. The molecule has 0 aromatic heterocycles. The molecule has 2 aliphatic heterocycles. The van der Waals surface area contributed by atoms with Gasteiger partial charge in [-0.2, -0.15) is 0 Å². The lowest BCUT2D eigenvalue weighted by molar-refractivity contribution is -0.384. The van der Waals surface area contributed by atoms with Crippen molar-refractivity contribution in [1.82, 2.24) is 9.80 Å². The van der Waals surface area contributed by atoms with Crippen LogP contribution in [0.15, 0.2) is 24.3 Å². The van der Waals surface area contributed by atoms with Gasteiger partial charge in [-0.15, -0.1) is 0 Å². The van der Waals surface area contributed by atoms with Crippen LogP contribution >= 0.6 is 0 Å². The summed E-state index contributed by atoms with van der Waals surface area (Å²) in [6.07, 6.45) is 3.36. The maximum Gasteiger partial charge on any atom is 0.292 e. The number of rotatable bonds is 4. The number of nitro benzene ring substituents is 1. The Hall–Kier alpha value is -2.15. The lowest BCUT2D eigenvalue weighted by Crippen LogP contribution is -2.54. The number of anilines is 1. The first kappa shape index (κ1) is 18.6. The number of carbonyl (C=O) groups is 1. The van der Waals surface area contributed by atoms with E-state index in [0.29, 0.717) is 37.4 Å². The molecule has 0 N–H and O–H groups in total. The molecule has 1 aromatic rings. The quantitative estimate of drug-likeness (QED) is 0.609. The first-order valence-electron chi connectivity index (χ1n) is 9.49. The van der Waals surface area contributed by atoms with E-state index >= 15 is 0 Å². The van der Waals surface area contributed by atoms with Crippen molar-refractivity contribution in [3.8, 4) is 0 Å². The van der Waals surface area contributed by atoms with Gasteiger partial charge in [-0.3, -0.25) is 19.8 Å². The third-order valence-electron chi connectivity index (χ3n) is 5.63. The predicted octanol–water partition coefficient (Wildman–Crippen LogP) is 2.51. The average molecular weight is 360 g/mol. The average Bonchev–Trinajstić information content (AvgIpc) is 2.62. The molecule has 1 aromatic carbocycles. The minimum Gasteiger partial charge on any atom is -0.363 e. The largest absolute Gasteiger partial charge is 0.363 e. The first-order chi connectivity index (χ1) is 12.5. The van der Waals surface area contributed by atoms with Crippen molar-refractivity contribution in [3.05, 3.63) is 34.4 Å². The molecule has 2 fully saturated rings. The van der Waals surface area contributed by atoms with Crippen molar-refractivity contribution < 1.29 is 9.72 Å². The zero-order chi connectivity index (χ0) is 18.7. The number of amides is 1. The molecule has 2 saturated heterocycles. The molecule has 7 nitrogen and oxygen atoms in total. The lowest BCUT2D eigenvalue weighted by Gasteiger charge is -2.41. The second kappa shape index (κ2) is 8.03. The Morgan fingerprint density at radius 1 is 1.12 bits per heavy atom. The minimum absolute atomic E-state index is 0.146. The highest BCUT2D eigenvalue weighted by Gasteiger charge is 2.31. The van der Waals surface area contributed by atoms with Crippen LogP contribution in [-0.2, 0) is 4.79 Å². The molecule has 2 aliphatic rings. The van der Waals surface area contributed by atoms with Crippen molar-refractivity contribution in [1.29, 1.82) is 0 Å². The smallest absolute Gasteiger partial charge is 0.292 e. The summed E-state index contributed by atoms with van der Waals surface area (Å²) < 4.78 is 0. The van der Waals surface area contributed by atoms with Crippen molar-refractivity contribution in [2.45, 2.75) is 45.2 Å². The van der Waals surface area contributed by atoms with Crippen LogP contribution in [0, 0.1) is 10.1 Å². The van der Waals surface area contributed by atoms with Gasteiger partial charge >= 0.3 is 0 Å². The maximum atomic E-state index is 12.8. The number of carbonyl (C=O) groups excluding carboxylic acids is 1. The highest BCUT2D eigenvalue weighted by molar-refractivity contribution is 5.79. The molecular weight excluding hydrogens is 332 g/mol. The summed E-state index contributed by atoms with van der Waals surface area (Å²) in [7, 11) is 0. The van der Waals surface area contributed by atoms with Crippen LogP contribution in [0.1, 0.15) is 33.1 Å². The van der Waals surface area contributed by atoms with Crippen LogP contribution in [0.4, 0.5) is 11.4 Å². The summed E-state index contributed by atoms with van der Waals surface area (Å²) in [5.41, 5.74) is 0.815. The fraction of sp³-hybridized carbons (Fsp3) is 0.632. The Kier molecular flexibility index (Phi) is 5.76. The van der Waals surface area contributed by atoms with E-state index in [1.807, 2.05) is 11.0 Å². The second-order valence-electron chi connectivity index (χ2n) is 7.44. The van der Waals surface area contributed by atoms with E-state index in [1.54, 1.807) is 18.2 Å². The van der Waals surface area contributed by atoms with Gasteiger partial charge in [0.1, 0.15) is 5.69 Å². The molecule has 7 heteroatoms. The molecule has 26 heavy (non-hydrogen) atoms. The molecular formula is C19H28N4O3. The SMILES string of the molecule is CC1CCCC(C)N1C(=O)CN1CCN(c2ccccc2[N+](=O)[O-])CC1. The zero-order valence-corrected chi connectivity index (χ0v) is 15.6. The summed E-state index contributed by atoms with van der Waals surface area (Å²) in [6, 6.07) is 7.51. The number of nitrogens with zero attached hydrogens (tertiary/aromatic N) is 4. The molecule has 2 atom stereocenters. The highest BCUT2D eigenvalue weighted by atomic mass is 16.6. The molecule has 0 saturated carbocycles. The van der Waals surface area contributed by atoms with Gasteiger partial charge in [-0.05, 0) is 39.2 Å². The lowest BCUT2D eigenvalue weighted by atomic mass is 9.97. The maximum absolute atomic E-state index is 12.8. The van der Waals surface area contributed by atoms with Gasteiger partial charge in [0.15, 0.2) is 0 Å². The van der Waals surface area contributed by atoms with E-state index in [2.05, 4.69) is 23.6 Å². The normalized spacial score (nSPS) is 24.5. The summed E-state index contributed by atoms with van der Waals surface area (Å²) in [4.78, 5) is 29.9. The molecule has 1 amide bonds. The Morgan fingerprint density at radius 3 is 2.35 bits per heavy atom. The van der Waals surface area contributed by atoms with E-state index in [4.69, 9.17) is 0 Å². The molecule has 0 aliphatic carbocycles. The minimum atomic E-state index is -0.329. The number of likely N-dealkylation sites (tertiary alicyclic amines) is 1. The van der Waals surface area contributed by atoms with Crippen molar-refractivity contribution in [2.24, 2.45) is 0 Å². The molecule has 0 radical (unpaired) electrons. The Labute approximate surface area is 154 Å². The van der Waals surface area contributed by atoms with Gasteiger partial charge in [0.2, 0.25) is 5.91 Å². The summed E-state index contributed by atoms with van der Waals surface area (Å²) in [6.45, 7) is 7.61. The summed E-state index contributed by atoms with van der Waals surface area (Å²) in [5.74, 6) is 0.212. The zero-order valence-electron chi connectivity index (χ0n) is 15.6. The number of benzene rings is 1. The van der Waals surface area contributed by atoms with Crippen molar-refractivity contribution in [2.75, 3.05) is 37.6 Å². The number of hydrogen-bond acceptors (Lipinski definition) is 5. The van der Waals surface area contributed by atoms with E-state index in [1.165, 1.54) is 6.42 Å². The Morgan fingerprint density at radius 2 is 1.73 bits per heavy atom. The van der Waals surface area contributed by atoms with Gasteiger partial charge < -0.3 is 9.80 Å². The van der Waals surface area contributed by atoms with E-state index in [0.717, 1.165) is 25.9 Å². The number of nitro groups is 1. The molecule has 142 valence electrons. The van der Waals surface area contributed by atoms with Gasteiger partial charge in [-0.1, -0.05) is 12.1 Å². The van der Waals surface area contributed by atoms with Crippen LogP contribution in [0.3, 0.4) is 0 Å². The number of piperazine rings is 1. The second-order valence-corrected chi connectivity index (χ2v) is 7.44. The van der Waals surface area contributed by atoms with Crippen molar-refractivity contribution >= 4 is 17.3 Å². The fourth-order valence-electron chi connectivity index (χ4n) is 4.22. The van der Waals surface area contributed by atoms with Gasteiger partial charge in [0.25, 0.3) is 5.69 Å². The van der Waals surface area contributed by atoms with Crippen molar-refractivity contribution in [3.63, 3.8) is 0 Å². The summed E-state index contributed by atoms with van der Waals surface area (Å²) in [5, 5.41) is 11.2. The summed E-state index contributed by atoms with van der Waals surface area (Å²) >= 11 is 0. The van der Waals surface area contributed by atoms with Gasteiger partial charge in [0, 0.05) is 44.3 Å². The van der Waals surface area contributed by atoms with E-state index in [-0.39, 0.29) is 16.5 Å². The Balaban J connectivity index is 1.57. The molecule has 2 heterocycles. The third-order valence-corrected chi connectivity index (χ3v) is 5.63. The van der Waals surface area contributed by atoms with Crippen LogP contribution in [-0.4, -0.2) is 65.4 Å². The highest BCUT2D eigenvalue weighted by Crippen LogP contribution is 2.28. The third kappa shape index (κ3) is 3.98. The molecule has 3 rings (SSSR count). The number of hydrogen-bond donors (Lipinski definition) is 0. The molecule has 0 spiro atoms. The van der Waals surface area contributed by atoms with Gasteiger partial charge in [-0.25, -0.2) is 0 Å². The van der Waals surface area contributed by atoms with Gasteiger partial charge in [0.05, 0.1) is 11.5 Å². The monoisotopic (exact) mass is 360 g/mol. The topological polar surface area (TPSA) is 69.9 Å².